The highest BCUT2D eigenvalue weighted by Gasteiger charge is 2.23. The van der Waals surface area contributed by atoms with Crippen molar-refractivity contribution < 1.29 is 9.18 Å². The maximum atomic E-state index is 13.3. The Morgan fingerprint density at radius 2 is 1.96 bits per heavy atom. The van der Waals surface area contributed by atoms with Gasteiger partial charge in [0.2, 0.25) is 0 Å². The molecule has 0 aliphatic carbocycles. The number of carbonyl (C=O) groups is 1. The average Bonchev–Trinajstić information content (AvgIpc) is 3.13. The molecule has 0 aliphatic rings. The van der Waals surface area contributed by atoms with Gasteiger partial charge in [-0.3, -0.25) is 4.79 Å². The first-order valence-corrected chi connectivity index (χ1v) is 8.99. The Balaban J connectivity index is 1.90. The second-order valence-electron chi connectivity index (χ2n) is 6.96. The molecule has 0 atom stereocenters. The summed E-state index contributed by atoms with van der Waals surface area (Å²) in [6.07, 6.45) is 1.56. The molecule has 0 spiro atoms. The Morgan fingerprint density at radius 3 is 2.61 bits per heavy atom. The van der Waals surface area contributed by atoms with E-state index < -0.39 is 0 Å². The van der Waals surface area contributed by atoms with Crippen molar-refractivity contribution in [1.29, 1.82) is 5.26 Å². The zero-order valence-corrected chi connectivity index (χ0v) is 16.1. The second kappa shape index (κ2) is 8.05. The molecule has 28 heavy (non-hydrogen) atoms. The summed E-state index contributed by atoms with van der Waals surface area (Å²) in [6, 6.07) is 15.3. The first-order valence-electron chi connectivity index (χ1n) is 8.99. The van der Waals surface area contributed by atoms with E-state index in [1.165, 1.54) is 12.1 Å². The summed E-state index contributed by atoms with van der Waals surface area (Å²) in [4.78, 5) is 14.7. The van der Waals surface area contributed by atoms with Gasteiger partial charge in [-0.2, -0.15) is 10.4 Å². The fourth-order valence-electron chi connectivity index (χ4n) is 3.16. The van der Waals surface area contributed by atoms with E-state index in [1.54, 1.807) is 53.2 Å². The van der Waals surface area contributed by atoms with Gasteiger partial charge in [-0.15, -0.1) is 0 Å². The molecule has 1 aromatic heterocycles. The summed E-state index contributed by atoms with van der Waals surface area (Å²) in [6.45, 7) is 4.36. The van der Waals surface area contributed by atoms with Crippen molar-refractivity contribution >= 4 is 5.91 Å². The number of carbonyl (C=O) groups excluding carboxylic acids is 1. The first-order chi connectivity index (χ1) is 13.4. The summed E-state index contributed by atoms with van der Waals surface area (Å²) < 4.78 is 14.9. The predicted octanol–water partition coefficient (Wildman–Crippen LogP) is 4.28. The minimum atomic E-state index is -0.322. The van der Waals surface area contributed by atoms with Gasteiger partial charge < -0.3 is 4.90 Å². The van der Waals surface area contributed by atoms with Gasteiger partial charge in [0.15, 0.2) is 0 Å². The molecular formula is C22H21FN4O. The van der Waals surface area contributed by atoms with Crippen LogP contribution in [0.25, 0.3) is 5.69 Å². The van der Waals surface area contributed by atoms with E-state index in [-0.39, 0.29) is 17.6 Å². The highest BCUT2D eigenvalue weighted by Crippen LogP contribution is 2.24. The molecule has 0 saturated heterocycles. The maximum Gasteiger partial charge on any atom is 0.257 e. The van der Waals surface area contributed by atoms with Crippen LogP contribution in [0.2, 0.25) is 0 Å². The Hall–Kier alpha value is -3.46. The molecule has 6 heteroatoms. The lowest BCUT2D eigenvalue weighted by Gasteiger charge is -2.19. The molecule has 142 valence electrons. The van der Waals surface area contributed by atoms with Crippen LogP contribution in [0.15, 0.2) is 54.7 Å². The van der Waals surface area contributed by atoms with Gasteiger partial charge in [0.05, 0.1) is 34.8 Å². The molecule has 0 bridgehead atoms. The lowest BCUT2D eigenvalue weighted by Crippen LogP contribution is -2.27. The highest BCUT2D eigenvalue weighted by molar-refractivity contribution is 5.95. The smallest absolute Gasteiger partial charge is 0.257 e. The Kier molecular flexibility index (Phi) is 5.55. The van der Waals surface area contributed by atoms with Crippen LogP contribution < -0.4 is 0 Å². The number of benzene rings is 2. The van der Waals surface area contributed by atoms with Crippen molar-refractivity contribution in [2.24, 2.45) is 0 Å². The second-order valence-corrected chi connectivity index (χ2v) is 6.96. The average molecular weight is 376 g/mol. The summed E-state index contributed by atoms with van der Waals surface area (Å²) in [5.41, 5.74) is 3.43. The van der Waals surface area contributed by atoms with E-state index in [9.17, 15) is 9.18 Å². The lowest BCUT2D eigenvalue weighted by molar-refractivity contribution is 0.0783. The first kappa shape index (κ1) is 19.3. The van der Waals surface area contributed by atoms with Crippen LogP contribution in [0.4, 0.5) is 4.39 Å². The molecule has 2 aromatic carbocycles. The van der Waals surface area contributed by atoms with Crippen LogP contribution >= 0.6 is 0 Å². The molecule has 0 fully saturated rings. The summed E-state index contributed by atoms with van der Waals surface area (Å²) in [7, 11) is 1.72. The Labute approximate surface area is 163 Å². The molecule has 0 saturated carbocycles. The van der Waals surface area contributed by atoms with E-state index in [4.69, 9.17) is 5.26 Å². The fourth-order valence-corrected chi connectivity index (χ4v) is 3.16. The largest absolute Gasteiger partial charge is 0.337 e. The van der Waals surface area contributed by atoms with Gasteiger partial charge in [0, 0.05) is 13.6 Å². The molecule has 3 rings (SSSR count). The van der Waals surface area contributed by atoms with Crippen LogP contribution in [0.3, 0.4) is 0 Å². The number of rotatable bonds is 5. The number of nitriles is 1. The number of nitrogens with zero attached hydrogens (tertiary/aromatic N) is 4. The zero-order chi connectivity index (χ0) is 20.3. The van der Waals surface area contributed by atoms with E-state index in [1.807, 2.05) is 19.9 Å². The van der Waals surface area contributed by atoms with Gasteiger partial charge in [0.25, 0.3) is 5.91 Å². The molecule has 1 amide bonds. The van der Waals surface area contributed by atoms with E-state index in [0.29, 0.717) is 23.4 Å². The van der Waals surface area contributed by atoms with E-state index >= 15 is 0 Å². The monoisotopic (exact) mass is 376 g/mol. The number of aromatic nitrogens is 2. The fraction of sp³-hybridized carbons (Fsp3) is 0.227. The molecule has 0 N–H and O–H groups in total. The van der Waals surface area contributed by atoms with Gasteiger partial charge in [-0.25, -0.2) is 9.07 Å². The molecule has 0 radical (unpaired) electrons. The van der Waals surface area contributed by atoms with Crippen LogP contribution in [0.5, 0.6) is 0 Å². The van der Waals surface area contributed by atoms with Crippen molar-refractivity contribution in [3.63, 3.8) is 0 Å². The zero-order valence-electron chi connectivity index (χ0n) is 16.1. The van der Waals surface area contributed by atoms with Crippen molar-refractivity contribution in [2.75, 3.05) is 7.05 Å². The summed E-state index contributed by atoms with van der Waals surface area (Å²) in [5, 5.41) is 13.4. The van der Waals surface area contributed by atoms with Crippen LogP contribution in [-0.4, -0.2) is 27.6 Å². The van der Waals surface area contributed by atoms with Gasteiger partial charge >= 0.3 is 0 Å². The van der Waals surface area contributed by atoms with E-state index in [2.05, 4.69) is 11.2 Å². The maximum absolute atomic E-state index is 13.3. The van der Waals surface area contributed by atoms with Crippen molar-refractivity contribution in [3.8, 4) is 11.8 Å². The van der Waals surface area contributed by atoms with Crippen molar-refractivity contribution in [1.82, 2.24) is 14.7 Å². The number of hydrogen-bond donors (Lipinski definition) is 0. The minimum Gasteiger partial charge on any atom is -0.337 e. The number of amides is 1. The molecule has 0 aliphatic heterocycles. The van der Waals surface area contributed by atoms with E-state index in [0.717, 1.165) is 11.3 Å². The Morgan fingerprint density at radius 1 is 1.25 bits per heavy atom. The quantitative estimate of drug-likeness (QED) is 0.668. The third-order valence-electron chi connectivity index (χ3n) is 4.48. The normalized spacial score (nSPS) is 10.7. The van der Waals surface area contributed by atoms with Gasteiger partial charge in [-0.1, -0.05) is 26.0 Å². The van der Waals surface area contributed by atoms with Crippen LogP contribution in [0, 0.1) is 17.1 Å². The minimum absolute atomic E-state index is 0.0434. The summed E-state index contributed by atoms with van der Waals surface area (Å²) in [5.74, 6) is -0.432. The van der Waals surface area contributed by atoms with Crippen LogP contribution in [0.1, 0.15) is 46.9 Å². The molecule has 3 aromatic rings. The standard InChI is InChI=1S/C22H21FN4O/c1-15(2)21-20(13-25-27(21)19-9-7-18(23)8-10-19)22(28)26(3)14-17-6-4-5-16(11-17)12-24/h4-11,13,15H,14H2,1-3H3. The molecule has 5 nitrogen and oxygen atoms in total. The number of hydrogen-bond acceptors (Lipinski definition) is 3. The highest BCUT2D eigenvalue weighted by atomic mass is 19.1. The summed E-state index contributed by atoms with van der Waals surface area (Å²) >= 11 is 0. The third-order valence-corrected chi connectivity index (χ3v) is 4.48. The predicted molar refractivity (Wildman–Crippen MR) is 105 cm³/mol. The molecule has 0 unspecified atom stereocenters. The van der Waals surface area contributed by atoms with Crippen molar-refractivity contribution in [2.45, 2.75) is 26.3 Å². The van der Waals surface area contributed by atoms with Crippen LogP contribution in [-0.2, 0) is 6.54 Å². The van der Waals surface area contributed by atoms with Crippen molar-refractivity contribution in [3.05, 3.63) is 82.9 Å². The molecule has 1 heterocycles. The molecular weight excluding hydrogens is 355 g/mol. The Bertz CT molecular complexity index is 1030. The topological polar surface area (TPSA) is 61.9 Å². The third kappa shape index (κ3) is 3.94. The SMILES string of the molecule is CC(C)c1c(C(=O)N(C)Cc2cccc(C#N)c2)cnn1-c1ccc(F)cc1. The lowest BCUT2D eigenvalue weighted by atomic mass is 10.0. The van der Waals surface area contributed by atoms with Gasteiger partial charge in [-0.05, 0) is 47.9 Å². The van der Waals surface area contributed by atoms with Gasteiger partial charge in [0.1, 0.15) is 5.82 Å². The number of halogens is 1.